The molecule has 1 N–H and O–H groups in total. The quantitative estimate of drug-likeness (QED) is 0.914. The van der Waals surface area contributed by atoms with Gasteiger partial charge >= 0.3 is 0 Å². The van der Waals surface area contributed by atoms with Gasteiger partial charge in [-0.05, 0) is 50.1 Å². The van der Waals surface area contributed by atoms with E-state index in [1.54, 1.807) is 4.90 Å². The van der Waals surface area contributed by atoms with Crippen LogP contribution in [0.2, 0.25) is 0 Å². The van der Waals surface area contributed by atoms with Crippen molar-refractivity contribution < 1.29 is 9.59 Å². The summed E-state index contributed by atoms with van der Waals surface area (Å²) >= 11 is 0. The Balaban J connectivity index is 1.63. The first kappa shape index (κ1) is 16.2. The third-order valence-electron chi connectivity index (χ3n) is 4.38. The molecule has 2 atom stereocenters. The fourth-order valence-corrected chi connectivity index (χ4v) is 2.99. The molecule has 3 rings (SSSR count). The minimum absolute atomic E-state index is 0.0353. The molecule has 2 aromatic carbocycles. The van der Waals surface area contributed by atoms with E-state index in [1.807, 2.05) is 68.4 Å². The summed E-state index contributed by atoms with van der Waals surface area (Å²) in [4.78, 5) is 26.8. The molecule has 0 saturated heterocycles. The fourth-order valence-electron chi connectivity index (χ4n) is 2.99. The summed E-state index contributed by atoms with van der Waals surface area (Å²) in [6.07, 6.45) is 0.625. The van der Waals surface area contributed by atoms with E-state index in [0.29, 0.717) is 13.0 Å². The van der Waals surface area contributed by atoms with Gasteiger partial charge in [-0.2, -0.15) is 0 Å². The van der Waals surface area contributed by atoms with Crippen LogP contribution in [-0.2, 0) is 9.59 Å². The number of benzene rings is 2. The highest BCUT2D eigenvalue weighted by Crippen LogP contribution is 2.41. The maximum absolute atomic E-state index is 12.7. The van der Waals surface area contributed by atoms with Gasteiger partial charge in [0, 0.05) is 17.9 Å². The average molecular weight is 322 g/mol. The number of para-hydroxylation sites is 1. The zero-order valence-electron chi connectivity index (χ0n) is 14.0. The molecule has 0 heterocycles. The highest BCUT2D eigenvalue weighted by atomic mass is 16.2. The maximum Gasteiger partial charge on any atom is 0.230 e. The summed E-state index contributed by atoms with van der Waals surface area (Å²) in [6, 6.07) is 17.3. The number of rotatable bonds is 5. The number of amides is 2. The zero-order valence-corrected chi connectivity index (χ0v) is 14.0. The molecule has 4 nitrogen and oxygen atoms in total. The third-order valence-corrected chi connectivity index (χ3v) is 4.38. The molecule has 1 saturated carbocycles. The molecule has 0 aromatic heterocycles. The second-order valence-electron chi connectivity index (χ2n) is 6.23. The van der Waals surface area contributed by atoms with Crippen LogP contribution in [0.5, 0.6) is 0 Å². The summed E-state index contributed by atoms with van der Waals surface area (Å²) in [6.45, 7) is 4.54. The largest absolute Gasteiger partial charge is 0.326 e. The predicted octanol–water partition coefficient (Wildman–Crippen LogP) is 3.62. The Kier molecular flexibility index (Phi) is 4.65. The smallest absolute Gasteiger partial charge is 0.230 e. The van der Waals surface area contributed by atoms with Gasteiger partial charge in [0.2, 0.25) is 11.8 Å². The van der Waals surface area contributed by atoms with Gasteiger partial charge in [0.1, 0.15) is 0 Å². The van der Waals surface area contributed by atoms with Crippen LogP contribution in [-0.4, -0.2) is 18.4 Å². The molecule has 2 amide bonds. The molecule has 0 spiro atoms. The Labute approximate surface area is 142 Å². The van der Waals surface area contributed by atoms with Gasteiger partial charge in [-0.15, -0.1) is 0 Å². The van der Waals surface area contributed by atoms with Crippen molar-refractivity contribution in [3.8, 4) is 0 Å². The topological polar surface area (TPSA) is 49.4 Å². The van der Waals surface area contributed by atoms with Crippen molar-refractivity contribution in [1.82, 2.24) is 0 Å². The number of hydrogen-bond donors (Lipinski definition) is 1. The van der Waals surface area contributed by atoms with Crippen LogP contribution in [0.3, 0.4) is 0 Å². The van der Waals surface area contributed by atoms with Crippen LogP contribution in [0.1, 0.15) is 18.9 Å². The molecular weight excluding hydrogens is 300 g/mol. The first-order valence-corrected chi connectivity index (χ1v) is 8.34. The molecule has 2 unspecified atom stereocenters. The van der Waals surface area contributed by atoms with Gasteiger partial charge in [0.25, 0.3) is 0 Å². The van der Waals surface area contributed by atoms with Gasteiger partial charge in [-0.3, -0.25) is 9.59 Å². The molecule has 2 aromatic rings. The second-order valence-corrected chi connectivity index (χ2v) is 6.23. The number of nitrogens with zero attached hydrogens (tertiary/aromatic N) is 1. The van der Waals surface area contributed by atoms with Gasteiger partial charge in [0.05, 0.1) is 11.8 Å². The second kappa shape index (κ2) is 6.87. The number of hydrogen-bond acceptors (Lipinski definition) is 2. The Morgan fingerprint density at radius 2 is 1.83 bits per heavy atom. The number of carbonyl (C=O) groups excluding carboxylic acids is 2. The van der Waals surface area contributed by atoms with Crippen molar-refractivity contribution in [3.05, 3.63) is 60.2 Å². The third kappa shape index (κ3) is 3.48. The van der Waals surface area contributed by atoms with Gasteiger partial charge in [-0.25, -0.2) is 0 Å². The Morgan fingerprint density at radius 1 is 1.08 bits per heavy atom. The molecule has 1 aliphatic rings. The fraction of sp³-hybridized carbons (Fsp3) is 0.300. The van der Waals surface area contributed by atoms with Gasteiger partial charge < -0.3 is 10.2 Å². The van der Waals surface area contributed by atoms with Crippen LogP contribution in [0.25, 0.3) is 0 Å². The lowest BCUT2D eigenvalue weighted by atomic mass is 10.2. The van der Waals surface area contributed by atoms with E-state index in [1.165, 1.54) is 0 Å². The van der Waals surface area contributed by atoms with E-state index in [9.17, 15) is 9.59 Å². The molecule has 0 bridgehead atoms. The van der Waals surface area contributed by atoms with E-state index in [4.69, 9.17) is 0 Å². The summed E-state index contributed by atoms with van der Waals surface area (Å²) in [5.41, 5.74) is 2.76. The van der Waals surface area contributed by atoms with Crippen molar-refractivity contribution in [2.45, 2.75) is 20.3 Å². The predicted molar refractivity (Wildman–Crippen MR) is 95.9 cm³/mol. The minimum Gasteiger partial charge on any atom is -0.326 e. The zero-order chi connectivity index (χ0) is 17.1. The van der Waals surface area contributed by atoms with E-state index in [2.05, 4.69) is 5.32 Å². The van der Waals surface area contributed by atoms with Crippen molar-refractivity contribution in [3.63, 3.8) is 0 Å². The lowest BCUT2D eigenvalue weighted by Crippen LogP contribution is -2.33. The van der Waals surface area contributed by atoms with Crippen LogP contribution in [0.15, 0.2) is 54.6 Å². The Morgan fingerprint density at radius 3 is 2.50 bits per heavy atom. The summed E-state index contributed by atoms with van der Waals surface area (Å²) in [5.74, 6) is -0.470. The number of aryl methyl sites for hydroxylation is 1. The van der Waals surface area contributed by atoms with Crippen LogP contribution in [0.4, 0.5) is 11.4 Å². The minimum atomic E-state index is -0.226. The molecule has 0 radical (unpaired) electrons. The molecule has 124 valence electrons. The Bertz CT molecular complexity index is 742. The molecular formula is C20H22N2O2. The molecule has 4 heteroatoms. The highest BCUT2D eigenvalue weighted by Gasteiger charge is 2.49. The van der Waals surface area contributed by atoms with E-state index >= 15 is 0 Å². The van der Waals surface area contributed by atoms with Crippen molar-refractivity contribution >= 4 is 23.2 Å². The van der Waals surface area contributed by atoms with Gasteiger partial charge in [-0.1, -0.05) is 30.3 Å². The summed E-state index contributed by atoms with van der Waals surface area (Å²) in [7, 11) is 0. The first-order chi connectivity index (χ1) is 11.6. The normalized spacial score (nSPS) is 18.8. The lowest BCUT2D eigenvalue weighted by Gasteiger charge is -2.21. The SMILES string of the molecule is CCN(C(=O)C1CC1C(=O)Nc1cccc(C)c1)c1ccccc1. The van der Waals surface area contributed by atoms with Crippen LogP contribution in [0, 0.1) is 18.8 Å². The molecule has 24 heavy (non-hydrogen) atoms. The number of nitrogens with one attached hydrogen (secondary N) is 1. The van der Waals surface area contributed by atoms with Crippen molar-refractivity contribution in [1.29, 1.82) is 0 Å². The number of anilines is 2. The number of carbonyl (C=O) groups is 2. The van der Waals surface area contributed by atoms with Gasteiger partial charge in [0.15, 0.2) is 0 Å². The monoisotopic (exact) mass is 322 g/mol. The van der Waals surface area contributed by atoms with E-state index in [-0.39, 0.29) is 23.7 Å². The molecule has 1 fully saturated rings. The lowest BCUT2D eigenvalue weighted by molar-refractivity contribution is -0.123. The van der Waals surface area contributed by atoms with Crippen LogP contribution >= 0.6 is 0 Å². The van der Waals surface area contributed by atoms with Crippen LogP contribution < -0.4 is 10.2 Å². The Hall–Kier alpha value is -2.62. The standard InChI is InChI=1S/C20H22N2O2/c1-3-22(16-10-5-4-6-11-16)20(24)18-13-17(18)19(23)21-15-9-7-8-14(2)12-15/h4-12,17-18H,3,13H2,1-2H3,(H,21,23). The van der Waals surface area contributed by atoms with E-state index < -0.39 is 0 Å². The first-order valence-electron chi connectivity index (χ1n) is 8.34. The van der Waals surface area contributed by atoms with Crippen molar-refractivity contribution in [2.24, 2.45) is 11.8 Å². The van der Waals surface area contributed by atoms with E-state index in [0.717, 1.165) is 16.9 Å². The average Bonchev–Trinajstić information content (AvgIpc) is 3.37. The van der Waals surface area contributed by atoms with Crippen molar-refractivity contribution in [2.75, 3.05) is 16.8 Å². The summed E-state index contributed by atoms with van der Waals surface area (Å²) < 4.78 is 0. The molecule has 0 aliphatic heterocycles. The maximum atomic E-state index is 12.7. The molecule has 1 aliphatic carbocycles. The summed E-state index contributed by atoms with van der Waals surface area (Å²) in [5, 5.41) is 2.92. The highest BCUT2D eigenvalue weighted by molar-refractivity contribution is 6.04.